The molecule has 1 heterocycles. The number of nitrogens with zero attached hydrogens (tertiary/aromatic N) is 2. The standard InChI is InChI=1S/C24H27N5O3S/c1-16-10-12-19(13-11-16)26-23(32)29(28-22(31)25-18-7-3-2-4-8-18)24-27-21(15-33-24)17-6-5-9-20(30)14-17/h5-6,9-15,18,30H,2-4,7-8H2,1H3,(H,26,32)(H2,25,28,31). The number of phenolic OH excluding ortho intramolecular Hbond substituents is 1. The van der Waals surface area contributed by atoms with Crippen molar-refractivity contribution in [3.63, 3.8) is 0 Å². The molecule has 1 aliphatic rings. The number of nitrogens with one attached hydrogen (secondary N) is 3. The van der Waals surface area contributed by atoms with Gasteiger partial charge in [-0.1, -0.05) is 49.1 Å². The van der Waals surface area contributed by atoms with Gasteiger partial charge >= 0.3 is 12.1 Å². The third-order valence-electron chi connectivity index (χ3n) is 5.48. The van der Waals surface area contributed by atoms with Crippen LogP contribution >= 0.6 is 11.3 Å². The molecule has 1 saturated carbocycles. The number of carbonyl (C=O) groups is 2. The third-order valence-corrected chi connectivity index (χ3v) is 6.31. The molecule has 4 amide bonds. The first kappa shape index (κ1) is 22.6. The number of anilines is 2. The third kappa shape index (κ3) is 6.01. The van der Waals surface area contributed by atoms with Crippen LogP contribution < -0.4 is 21.1 Å². The first-order valence-electron chi connectivity index (χ1n) is 11.0. The second kappa shape index (κ2) is 10.4. The Morgan fingerprint density at radius 1 is 1.09 bits per heavy atom. The van der Waals surface area contributed by atoms with Crippen molar-refractivity contribution < 1.29 is 14.7 Å². The van der Waals surface area contributed by atoms with Crippen LogP contribution in [0.4, 0.5) is 20.4 Å². The number of aromatic nitrogens is 1. The topological polar surface area (TPSA) is 107 Å². The van der Waals surface area contributed by atoms with Crippen LogP contribution in [0.15, 0.2) is 53.9 Å². The van der Waals surface area contributed by atoms with Gasteiger partial charge in [0.05, 0.1) is 5.69 Å². The largest absolute Gasteiger partial charge is 0.508 e. The van der Waals surface area contributed by atoms with Crippen molar-refractivity contribution >= 4 is 34.2 Å². The molecule has 1 aliphatic carbocycles. The van der Waals surface area contributed by atoms with Crippen LogP contribution in [0.25, 0.3) is 11.3 Å². The van der Waals surface area contributed by atoms with Crippen LogP contribution in [0.3, 0.4) is 0 Å². The van der Waals surface area contributed by atoms with Crippen molar-refractivity contribution in [3.05, 3.63) is 59.5 Å². The molecule has 9 heteroatoms. The van der Waals surface area contributed by atoms with Crippen molar-refractivity contribution in [1.82, 2.24) is 15.7 Å². The van der Waals surface area contributed by atoms with Gasteiger partial charge in [-0.3, -0.25) is 0 Å². The summed E-state index contributed by atoms with van der Waals surface area (Å²) in [5.41, 5.74) is 5.64. The highest BCUT2D eigenvalue weighted by atomic mass is 32.1. The van der Waals surface area contributed by atoms with E-state index in [9.17, 15) is 14.7 Å². The van der Waals surface area contributed by atoms with Crippen LogP contribution in [0.1, 0.15) is 37.7 Å². The molecule has 0 bridgehead atoms. The summed E-state index contributed by atoms with van der Waals surface area (Å²) < 4.78 is 0. The number of hydrazine groups is 1. The monoisotopic (exact) mass is 465 g/mol. The first-order chi connectivity index (χ1) is 16.0. The van der Waals surface area contributed by atoms with E-state index in [4.69, 9.17) is 0 Å². The summed E-state index contributed by atoms with van der Waals surface area (Å²) in [6.07, 6.45) is 5.22. The number of aromatic hydroxyl groups is 1. The number of hydrogen-bond donors (Lipinski definition) is 4. The second-order valence-electron chi connectivity index (χ2n) is 8.12. The molecule has 33 heavy (non-hydrogen) atoms. The van der Waals surface area contributed by atoms with E-state index in [1.807, 2.05) is 25.1 Å². The molecule has 8 nitrogen and oxygen atoms in total. The van der Waals surface area contributed by atoms with Crippen LogP contribution in [0.2, 0.25) is 0 Å². The maximum Gasteiger partial charge on any atom is 0.347 e. The van der Waals surface area contributed by atoms with Crippen LogP contribution in [0, 0.1) is 6.92 Å². The molecule has 1 aromatic heterocycles. The molecule has 0 unspecified atom stereocenters. The number of phenols is 1. The van der Waals surface area contributed by atoms with Gasteiger partial charge in [0.25, 0.3) is 0 Å². The predicted octanol–water partition coefficient (Wildman–Crippen LogP) is 5.41. The van der Waals surface area contributed by atoms with Gasteiger partial charge in [0.15, 0.2) is 0 Å². The quantitative estimate of drug-likeness (QED) is 0.387. The second-order valence-corrected chi connectivity index (χ2v) is 8.95. The fraction of sp³-hybridized carbons (Fsp3) is 0.292. The van der Waals surface area contributed by atoms with E-state index in [1.165, 1.54) is 17.8 Å². The maximum absolute atomic E-state index is 13.1. The molecule has 1 fully saturated rings. The Kier molecular flexibility index (Phi) is 7.09. The van der Waals surface area contributed by atoms with Crippen LogP contribution in [-0.2, 0) is 0 Å². The lowest BCUT2D eigenvalue weighted by Crippen LogP contribution is -2.54. The molecule has 0 radical (unpaired) electrons. The molecular weight excluding hydrogens is 438 g/mol. The fourth-order valence-electron chi connectivity index (χ4n) is 3.73. The van der Waals surface area contributed by atoms with Crippen molar-refractivity contribution in [2.45, 2.75) is 45.1 Å². The van der Waals surface area contributed by atoms with Gasteiger partial charge in [-0.05, 0) is 44.0 Å². The molecule has 0 atom stereocenters. The van der Waals surface area contributed by atoms with Crippen molar-refractivity contribution in [2.75, 3.05) is 10.3 Å². The van der Waals surface area contributed by atoms with Crippen molar-refractivity contribution in [1.29, 1.82) is 0 Å². The number of hydrogen-bond acceptors (Lipinski definition) is 5. The Labute approximate surface area is 196 Å². The highest BCUT2D eigenvalue weighted by Crippen LogP contribution is 2.29. The number of benzene rings is 2. The summed E-state index contributed by atoms with van der Waals surface area (Å²) >= 11 is 1.22. The number of aryl methyl sites for hydroxylation is 1. The van der Waals surface area contributed by atoms with Crippen LogP contribution in [0.5, 0.6) is 5.75 Å². The summed E-state index contributed by atoms with van der Waals surface area (Å²) in [6, 6.07) is 13.2. The van der Waals surface area contributed by atoms with Crippen LogP contribution in [-0.4, -0.2) is 28.2 Å². The molecule has 3 aromatic rings. The Balaban J connectivity index is 1.54. The average molecular weight is 466 g/mol. The minimum absolute atomic E-state index is 0.0971. The maximum atomic E-state index is 13.1. The van der Waals surface area contributed by atoms with E-state index in [0.29, 0.717) is 22.1 Å². The van der Waals surface area contributed by atoms with Crippen molar-refractivity contribution in [3.8, 4) is 17.0 Å². The smallest absolute Gasteiger partial charge is 0.347 e. The zero-order valence-corrected chi connectivity index (χ0v) is 19.2. The van der Waals surface area contributed by atoms with Crippen molar-refractivity contribution in [2.24, 2.45) is 0 Å². The molecule has 4 rings (SSSR count). The van der Waals surface area contributed by atoms with Gasteiger partial charge in [-0.25, -0.2) is 20.0 Å². The lowest BCUT2D eigenvalue weighted by molar-refractivity contribution is 0.228. The van der Waals surface area contributed by atoms with Gasteiger partial charge in [-0.2, -0.15) is 5.01 Å². The lowest BCUT2D eigenvalue weighted by atomic mass is 9.96. The molecule has 0 saturated heterocycles. The van der Waals surface area contributed by atoms with E-state index in [2.05, 4.69) is 21.0 Å². The molecule has 172 valence electrons. The number of rotatable bonds is 4. The van der Waals surface area contributed by atoms with Gasteiger partial charge in [0.1, 0.15) is 5.75 Å². The van der Waals surface area contributed by atoms with E-state index in [-0.39, 0.29) is 11.8 Å². The van der Waals surface area contributed by atoms with E-state index < -0.39 is 12.1 Å². The number of carbonyl (C=O) groups excluding carboxylic acids is 2. The average Bonchev–Trinajstić information content (AvgIpc) is 3.30. The molecule has 0 aliphatic heterocycles. The highest BCUT2D eigenvalue weighted by Gasteiger charge is 2.24. The van der Waals surface area contributed by atoms with Gasteiger partial charge in [0, 0.05) is 22.7 Å². The predicted molar refractivity (Wildman–Crippen MR) is 130 cm³/mol. The summed E-state index contributed by atoms with van der Waals surface area (Å²) in [5.74, 6) is 0.126. The molecular formula is C24H27N5O3S. The number of thiazole rings is 1. The van der Waals surface area contributed by atoms with E-state index >= 15 is 0 Å². The molecule has 0 spiro atoms. The minimum atomic E-state index is -0.533. The SMILES string of the molecule is Cc1ccc(NC(=O)N(NC(=O)NC2CCCCC2)c2nc(-c3cccc(O)c3)cs2)cc1. The number of amides is 4. The minimum Gasteiger partial charge on any atom is -0.508 e. The highest BCUT2D eigenvalue weighted by molar-refractivity contribution is 7.14. The Bertz CT molecular complexity index is 1110. The zero-order valence-electron chi connectivity index (χ0n) is 18.4. The summed E-state index contributed by atoms with van der Waals surface area (Å²) in [5, 5.41) is 18.7. The molecule has 4 N–H and O–H groups in total. The summed E-state index contributed by atoms with van der Waals surface area (Å²) in [7, 11) is 0. The van der Waals surface area contributed by atoms with Gasteiger partial charge in [0.2, 0.25) is 5.13 Å². The number of urea groups is 2. The Hall–Kier alpha value is -3.59. The summed E-state index contributed by atoms with van der Waals surface area (Å²) in [4.78, 5) is 30.4. The first-order valence-corrected chi connectivity index (χ1v) is 11.9. The van der Waals surface area contributed by atoms with E-state index in [0.717, 1.165) is 36.3 Å². The Morgan fingerprint density at radius 3 is 2.58 bits per heavy atom. The normalized spacial score (nSPS) is 13.8. The molecule has 2 aromatic carbocycles. The van der Waals surface area contributed by atoms with E-state index in [1.54, 1.807) is 35.7 Å². The Morgan fingerprint density at radius 2 is 1.85 bits per heavy atom. The fourth-order valence-corrected chi connectivity index (χ4v) is 4.52. The van der Waals surface area contributed by atoms with Gasteiger partial charge in [-0.15, -0.1) is 11.3 Å². The lowest BCUT2D eigenvalue weighted by Gasteiger charge is -2.26. The summed E-state index contributed by atoms with van der Waals surface area (Å²) in [6.45, 7) is 1.97. The zero-order chi connectivity index (χ0) is 23.2. The van der Waals surface area contributed by atoms with Gasteiger partial charge < -0.3 is 15.7 Å².